The summed E-state index contributed by atoms with van der Waals surface area (Å²) in [5, 5.41) is 0. The predicted molar refractivity (Wildman–Crippen MR) is 259 cm³/mol. The summed E-state index contributed by atoms with van der Waals surface area (Å²) in [7, 11) is -8.00. The van der Waals surface area contributed by atoms with E-state index in [1.54, 1.807) is 0 Å². The maximum atomic E-state index is 10.5. The van der Waals surface area contributed by atoms with E-state index in [1.165, 1.54) is 257 Å². The van der Waals surface area contributed by atoms with Crippen molar-refractivity contribution in [2.45, 2.75) is 309 Å². The topological polar surface area (TPSA) is 114 Å². The third kappa shape index (κ3) is 68.3. The van der Waals surface area contributed by atoms with Gasteiger partial charge in [-0.25, -0.2) is 16.8 Å². The molecule has 0 aliphatic heterocycles. The van der Waals surface area contributed by atoms with Crippen LogP contribution < -0.4 is 0 Å². The first-order valence-corrected chi connectivity index (χ1v) is 29.1. The van der Waals surface area contributed by atoms with Gasteiger partial charge >= 0.3 is 37.7 Å². The number of rotatable bonds is 48. The van der Waals surface area contributed by atoms with Gasteiger partial charge in [0.1, 0.15) is 0 Å². The van der Waals surface area contributed by atoms with Crippen LogP contribution in [-0.2, 0) is 20.2 Å². The molecular formula is C50H102CaO6S2. The van der Waals surface area contributed by atoms with Crippen LogP contribution in [0, 0.1) is 0 Å². The molecule has 0 saturated heterocycles. The van der Waals surface area contributed by atoms with Crippen molar-refractivity contribution in [3.63, 3.8) is 0 Å². The molecule has 0 aliphatic carbocycles. The van der Waals surface area contributed by atoms with Crippen LogP contribution >= 0.6 is 0 Å². The Labute approximate surface area is 401 Å². The number of hydrogen-bond donors (Lipinski definition) is 0. The fraction of sp³-hybridized carbons (Fsp3) is 1.00. The van der Waals surface area contributed by atoms with Gasteiger partial charge in [-0.1, -0.05) is 296 Å². The minimum Gasteiger partial charge on any atom is -0.748 e. The number of hydrogen-bond acceptors (Lipinski definition) is 6. The van der Waals surface area contributed by atoms with Crippen LogP contribution in [0.3, 0.4) is 0 Å². The summed E-state index contributed by atoms with van der Waals surface area (Å²) in [6.07, 6.45) is 60.7. The Morgan fingerprint density at radius 2 is 0.322 bits per heavy atom. The second-order valence-corrected chi connectivity index (χ2v) is 21.1. The van der Waals surface area contributed by atoms with E-state index in [2.05, 4.69) is 13.8 Å². The van der Waals surface area contributed by atoms with Crippen molar-refractivity contribution >= 4 is 58.0 Å². The maximum Gasteiger partial charge on any atom is 2.00 e. The van der Waals surface area contributed by atoms with Gasteiger partial charge in [0.25, 0.3) is 0 Å². The molecule has 0 bridgehead atoms. The zero-order valence-corrected chi connectivity index (χ0v) is 43.8. The van der Waals surface area contributed by atoms with E-state index in [0.717, 1.165) is 25.7 Å². The molecule has 9 heteroatoms. The van der Waals surface area contributed by atoms with Gasteiger partial charge in [0.2, 0.25) is 0 Å². The molecule has 59 heavy (non-hydrogen) atoms. The second kappa shape index (κ2) is 53.4. The molecule has 0 aromatic rings. The average molecular weight is 904 g/mol. The Bertz CT molecular complexity index is 898. The summed E-state index contributed by atoms with van der Waals surface area (Å²) in [5.74, 6) is -0.377. The van der Waals surface area contributed by atoms with Crippen LogP contribution in [-0.4, -0.2) is 75.2 Å². The first kappa shape index (κ1) is 64.4. The summed E-state index contributed by atoms with van der Waals surface area (Å²) in [6, 6.07) is 0. The molecule has 0 unspecified atom stereocenters. The number of unbranched alkanes of at least 4 members (excludes halogenated alkanes) is 44. The van der Waals surface area contributed by atoms with Crippen LogP contribution in [0.25, 0.3) is 0 Å². The summed E-state index contributed by atoms with van der Waals surface area (Å²) in [5.41, 5.74) is 0. The normalized spacial score (nSPS) is 11.7. The first-order valence-electron chi connectivity index (χ1n) is 26.0. The molecule has 0 aromatic heterocycles. The Kier molecular flexibility index (Phi) is 58.3. The third-order valence-corrected chi connectivity index (χ3v) is 13.6. The van der Waals surface area contributed by atoms with E-state index in [0.29, 0.717) is 12.8 Å². The molecule has 0 radical (unpaired) electrons. The fourth-order valence-electron chi connectivity index (χ4n) is 8.13. The fourth-order valence-corrected chi connectivity index (χ4v) is 9.24. The van der Waals surface area contributed by atoms with Crippen molar-refractivity contribution in [2.75, 3.05) is 11.5 Å². The quantitative estimate of drug-likeness (QED) is 0.0341. The van der Waals surface area contributed by atoms with Gasteiger partial charge in [0.05, 0.1) is 20.2 Å². The Balaban J connectivity index is -0.00000105. The van der Waals surface area contributed by atoms with Crippen molar-refractivity contribution in [3.8, 4) is 0 Å². The van der Waals surface area contributed by atoms with Crippen molar-refractivity contribution in [1.29, 1.82) is 0 Å². The van der Waals surface area contributed by atoms with Crippen molar-refractivity contribution in [1.82, 2.24) is 0 Å². The van der Waals surface area contributed by atoms with Crippen molar-refractivity contribution in [2.24, 2.45) is 0 Å². The van der Waals surface area contributed by atoms with Gasteiger partial charge in [-0.2, -0.15) is 0 Å². The summed E-state index contributed by atoms with van der Waals surface area (Å²) < 4.78 is 63.0. The van der Waals surface area contributed by atoms with Crippen molar-refractivity contribution in [3.05, 3.63) is 0 Å². The monoisotopic (exact) mass is 903 g/mol. The van der Waals surface area contributed by atoms with Crippen molar-refractivity contribution < 1.29 is 25.9 Å². The molecular weight excluding hydrogens is 801 g/mol. The van der Waals surface area contributed by atoms with Crippen LogP contribution in [0.1, 0.15) is 309 Å². The molecule has 0 heterocycles. The summed E-state index contributed by atoms with van der Waals surface area (Å²) >= 11 is 0. The van der Waals surface area contributed by atoms with E-state index in [1.807, 2.05) is 0 Å². The SMILES string of the molecule is CCCCCCCCCCCCCCCCCCCCCCCCCS(=O)(=O)[O-].CCCCCCCCCCCCCCCCCCCCCCCCCS(=O)(=O)[O-].[Ca+2]. The Hall–Kier alpha value is 1.08. The Morgan fingerprint density at radius 3 is 0.424 bits per heavy atom. The average Bonchev–Trinajstić information content (AvgIpc) is 3.18. The third-order valence-electron chi connectivity index (χ3n) is 12.0. The minimum absolute atomic E-state index is 0. The zero-order chi connectivity index (χ0) is 42.9. The van der Waals surface area contributed by atoms with E-state index in [4.69, 9.17) is 0 Å². The Morgan fingerprint density at radius 1 is 0.220 bits per heavy atom. The standard InChI is InChI=1S/2C25H52O3S.Ca/c2*1-2-3-4-5-6-7-8-9-10-11-12-13-14-15-16-17-18-19-20-21-22-23-24-25-29(26,27)28;/h2*2-25H2,1H3,(H,26,27,28);/q;;+2/p-2. The smallest absolute Gasteiger partial charge is 0.748 e. The van der Waals surface area contributed by atoms with E-state index in [-0.39, 0.29) is 49.2 Å². The van der Waals surface area contributed by atoms with Crippen LogP contribution in [0.5, 0.6) is 0 Å². The van der Waals surface area contributed by atoms with Crippen LogP contribution in [0.15, 0.2) is 0 Å². The minimum atomic E-state index is -4.00. The first-order chi connectivity index (χ1) is 28.1. The summed E-state index contributed by atoms with van der Waals surface area (Å²) in [4.78, 5) is 0. The molecule has 0 saturated carbocycles. The van der Waals surface area contributed by atoms with Gasteiger partial charge in [-0.3, -0.25) is 0 Å². The van der Waals surface area contributed by atoms with E-state index >= 15 is 0 Å². The molecule has 0 spiro atoms. The van der Waals surface area contributed by atoms with Gasteiger partial charge in [0.15, 0.2) is 0 Å². The van der Waals surface area contributed by atoms with E-state index in [9.17, 15) is 25.9 Å². The molecule has 0 aromatic carbocycles. The van der Waals surface area contributed by atoms with Gasteiger partial charge in [-0.05, 0) is 12.8 Å². The van der Waals surface area contributed by atoms with Gasteiger partial charge < -0.3 is 9.11 Å². The zero-order valence-electron chi connectivity index (χ0n) is 39.9. The van der Waals surface area contributed by atoms with Gasteiger partial charge in [-0.15, -0.1) is 0 Å². The molecule has 0 atom stereocenters. The molecule has 0 fully saturated rings. The molecule has 0 amide bonds. The summed E-state index contributed by atoms with van der Waals surface area (Å²) in [6.45, 7) is 4.57. The molecule has 0 rings (SSSR count). The van der Waals surface area contributed by atoms with Gasteiger partial charge in [0, 0.05) is 11.5 Å². The van der Waals surface area contributed by atoms with Crippen LogP contribution in [0.2, 0.25) is 0 Å². The molecule has 0 aliphatic rings. The van der Waals surface area contributed by atoms with E-state index < -0.39 is 20.2 Å². The predicted octanol–water partition coefficient (Wildman–Crippen LogP) is 16.7. The maximum absolute atomic E-state index is 10.5. The second-order valence-electron chi connectivity index (χ2n) is 18.1. The molecule has 352 valence electrons. The largest absolute Gasteiger partial charge is 2.00 e. The van der Waals surface area contributed by atoms with Crippen LogP contribution in [0.4, 0.5) is 0 Å². The molecule has 0 N–H and O–H groups in total. The molecule has 6 nitrogen and oxygen atoms in total.